The molecule has 19 heavy (non-hydrogen) atoms. The smallest absolute Gasteiger partial charge is 0.282 e. The Balaban J connectivity index is 2.60. The predicted octanol–water partition coefficient (Wildman–Crippen LogP) is 4.03. The molecule has 0 bridgehead atoms. The van der Waals surface area contributed by atoms with E-state index in [9.17, 15) is 10.2 Å². The van der Waals surface area contributed by atoms with Crippen molar-refractivity contribution in [3.05, 3.63) is 33.0 Å². The fourth-order valence-electron chi connectivity index (χ4n) is 1.69. The zero-order chi connectivity index (χ0) is 14.2. The summed E-state index contributed by atoms with van der Waals surface area (Å²) in [6.07, 6.45) is 0. The molecular formula is C13H10N2O2S2. The lowest BCUT2D eigenvalue weighted by Crippen LogP contribution is -1.90. The molecule has 1 aromatic carbocycles. The Morgan fingerprint density at radius 1 is 1.37 bits per heavy atom. The van der Waals surface area contributed by atoms with E-state index in [0.717, 1.165) is 23.5 Å². The van der Waals surface area contributed by atoms with E-state index in [1.807, 2.05) is 19.9 Å². The highest BCUT2D eigenvalue weighted by molar-refractivity contribution is 8.24. The summed E-state index contributed by atoms with van der Waals surface area (Å²) < 4.78 is 0.499. The van der Waals surface area contributed by atoms with Crippen molar-refractivity contribution in [1.29, 1.82) is 5.26 Å². The summed E-state index contributed by atoms with van der Waals surface area (Å²) in [6.45, 7) is 10.8. The maximum atomic E-state index is 10.2. The lowest BCUT2D eigenvalue weighted by molar-refractivity contribution is 0.427. The van der Waals surface area contributed by atoms with Crippen LogP contribution in [0, 0.1) is 17.9 Å². The highest BCUT2D eigenvalue weighted by atomic mass is 32.2. The highest BCUT2D eigenvalue weighted by Gasteiger charge is 2.29. The van der Waals surface area contributed by atoms with Crippen LogP contribution in [0.1, 0.15) is 25.3 Å². The number of allylic oxidation sites excluding steroid dienone is 1. The molecule has 0 saturated heterocycles. The molecule has 0 aromatic heterocycles. The van der Waals surface area contributed by atoms with Gasteiger partial charge in [0.15, 0.2) is 0 Å². The van der Waals surface area contributed by atoms with Crippen molar-refractivity contribution in [2.45, 2.75) is 29.6 Å². The normalized spacial score (nSPS) is 15.8. The van der Waals surface area contributed by atoms with E-state index in [0.29, 0.717) is 19.6 Å². The molecular weight excluding hydrogens is 280 g/mol. The number of benzene rings is 1. The van der Waals surface area contributed by atoms with Gasteiger partial charge in [-0.3, -0.25) is 0 Å². The maximum Gasteiger partial charge on any atom is 0.282 e. The van der Waals surface area contributed by atoms with E-state index < -0.39 is 0 Å². The van der Waals surface area contributed by atoms with Crippen LogP contribution in [0.15, 0.2) is 25.8 Å². The lowest BCUT2D eigenvalue weighted by atomic mass is 10.0. The first kappa shape index (κ1) is 13.7. The second-order valence-electron chi connectivity index (χ2n) is 4.21. The number of aromatic hydroxyl groups is 2. The van der Waals surface area contributed by atoms with Gasteiger partial charge in [0.1, 0.15) is 11.5 Å². The molecule has 1 heterocycles. The highest BCUT2D eigenvalue weighted by Crippen LogP contribution is 2.59. The van der Waals surface area contributed by atoms with Crippen LogP contribution in [0.4, 0.5) is 0 Å². The van der Waals surface area contributed by atoms with E-state index in [4.69, 9.17) is 11.8 Å². The number of hydrogen-bond donors (Lipinski definition) is 2. The summed E-state index contributed by atoms with van der Waals surface area (Å²) in [7, 11) is 0. The zero-order valence-electron chi connectivity index (χ0n) is 10.3. The lowest BCUT2D eigenvalue weighted by Gasteiger charge is -2.12. The number of nitrogens with zero attached hydrogens (tertiary/aromatic N) is 2. The van der Waals surface area contributed by atoms with Crippen LogP contribution in [0.2, 0.25) is 0 Å². The van der Waals surface area contributed by atoms with Gasteiger partial charge in [0.05, 0.1) is 26.7 Å². The van der Waals surface area contributed by atoms with Crippen LogP contribution >= 0.6 is 23.5 Å². The molecule has 0 aliphatic carbocycles. The first-order valence-electron chi connectivity index (χ1n) is 5.46. The molecule has 0 unspecified atom stereocenters. The number of phenols is 2. The van der Waals surface area contributed by atoms with Gasteiger partial charge in [0.25, 0.3) is 5.70 Å². The molecule has 0 spiro atoms. The van der Waals surface area contributed by atoms with Crippen LogP contribution in [0.25, 0.3) is 4.85 Å². The number of hydrogen-bond acceptors (Lipinski definition) is 5. The van der Waals surface area contributed by atoms with Crippen molar-refractivity contribution >= 4 is 23.5 Å². The summed E-state index contributed by atoms with van der Waals surface area (Å²) in [4.78, 5) is 4.19. The summed E-state index contributed by atoms with van der Waals surface area (Å²) >= 11 is 2.31. The Bertz CT molecular complexity index is 651. The standard InChI is InChI=1S/C13H10N2O2S2/c1-6(2)7-4-9(16)11-12(10(7)17)19-13(18-11)8(5-14)15-3/h4,6,16-17H,1-2H3/b13-8+. The number of thioether (sulfide) groups is 2. The topological polar surface area (TPSA) is 68.6 Å². The van der Waals surface area contributed by atoms with Crippen molar-refractivity contribution in [2.75, 3.05) is 0 Å². The third-order valence-corrected chi connectivity index (χ3v) is 5.25. The maximum absolute atomic E-state index is 10.2. The summed E-state index contributed by atoms with van der Waals surface area (Å²) in [6, 6.07) is 3.37. The zero-order valence-corrected chi connectivity index (χ0v) is 11.9. The summed E-state index contributed by atoms with van der Waals surface area (Å²) in [5.74, 6) is 0.273. The summed E-state index contributed by atoms with van der Waals surface area (Å²) in [5.41, 5.74) is 0.642. The van der Waals surface area contributed by atoms with Gasteiger partial charge >= 0.3 is 0 Å². The van der Waals surface area contributed by atoms with Gasteiger partial charge in [-0.05, 0) is 12.0 Å². The molecule has 0 atom stereocenters. The van der Waals surface area contributed by atoms with Crippen molar-refractivity contribution in [1.82, 2.24) is 0 Å². The fourth-order valence-corrected chi connectivity index (χ4v) is 4.12. The second kappa shape index (κ2) is 5.08. The average Bonchev–Trinajstić information content (AvgIpc) is 2.80. The molecule has 1 aliphatic rings. The second-order valence-corrected chi connectivity index (χ2v) is 6.51. The Morgan fingerprint density at radius 3 is 2.53 bits per heavy atom. The van der Waals surface area contributed by atoms with Crippen LogP contribution in [0.5, 0.6) is 11.5 Å². The Kier molecular flexibility index (Phi) is 3.66. The number of fused-ring (bicyclic) bond motifs is 1. The SMILES string of the molecule is [C-]#[N+]/C(C#N)=C1\Sc2c(O)cc(C(C)C)c(O)c2S1. The van der Waals surface area contributed by atoms with E-state index >= 15 is 0 Å². The first-order valence-corrected chi connectivity index (χ1v) is 7.09. The average molecular weight is 290 g/mol. The van der Waals surface area contributed by atoms with E-state index in [1.54, 1.807) is 6.07 Å². The van der Waals surface area contributed by atoms with Crippen molar-refractivity contribution in [3.63, 3.8) is 0 Å². The fraction of sp³-hybridized carbons (Fsp3) is 0.231. The minimum atomic E-state index is -0.0175. The quantitative estimate of drug-likeness (QED) is 0.464. The predicted molar refractivity (Wildman–Crippen MR) is 74.8 cm³/mol. The van der Waals surface area contributed by atoms with Gasteiger partial charge in [-0.2, -0.15) is 0 Å². The van der Waals surface area contributed by atoms with Gasteiger partial charge in [0.2, 0.25) is 0 Å². The Labute approximate surface area is 119 Å². The van der Waals surface area contributed by atoms with Crippen LogP contribution in [-0.4, -0.2) is 10.2 Å². The molecule has 4 nitrogen and oxygen atoms in total. The van der Waals surface area contributed by atoms with Gasteiger partial charge in [-0.25, -0.2) is 10.1 Å². The third-order valence-electron chi connectivity index (χ3n) is 2.64. The minimum absolute atomic E-state index is 0.0175. The van der Waals surface area contributed by atoms with Crippen molar-refractivity contribution in [3.8, 4) is 17.6 Å². The van der Waals surface area contributed by atoms with Gasteiger partial charge < -0.3 is 10.2 Å². The monoisotopic (exact) mass is 290 g/mol. The number of phenolic OH excluding ortho intramolecular Hbond substituents is 2. The van der Waals surface area contributed by atoms with Gasteiger partial charge in [0, 0.05) is 5.56 Å². The van der Waals surface area contributed by atoms with Crippen LogP contribution < -0.4 is 0 Å². The third kappa shape index (κ3) is 2.25. The molecule has 96 valence electrons. The molecule has 1 aromatic rings. The Morgan fingerprint density at radius 2 is 2.00 bits per heavy atom. The van der Waals surface area contributed by atoms with Crippen LogP contribution in [0.3, 0.4) is 0 Å². The Hall–Kier alpha value is -1.76. The molecule has 0 saturated carbocycles. The van der Waals surface area contributed by atoms with Crippen molar-refractivity contribution < 1.29 is 10.2 Å². The van der Waals surface area contributed by atoms with E-state index in [-0.39, 0.29) is 23.1 Å². The van der Waals surface area contributed by atoms with E-state index in [2.05, 4.69) is 4.85 Å². The summed E-state index contributed by atoms with van der Waals surface area (Å²) in [5, 5.41) is 29.1. The van der Waals surface area contributed by atoms with Crippen molar-refractivity contribution in [2.24, 2.45) is 0 Å². The minimum Gasteiger partial charge on any atom is -0.507 e. The largest absolute Gasteiger partial charge is 0.507 e. The molecule has 0 radical (unpaired) electrons. The molecule has 1 aliphatic heterocycles. The molecule has 2 rings (SSSR count). The molecule has 0 amide bonds. The van der Waals surface area contributed by atoms with E-state index in [1.165, 1.54) is 0 Å². The van der Waals surface area contributed by atoms with Gasteiger partial charge in [-0.15, -0.1) is 0 Å². The number of nitriles is 1. The molecule has 6 heteroatoms. The number of rotatable bonds is 1. The molecule has 2 N–H and O–H groups in total. The van der Waals surface area contributed by atoms with Gasteiger partial charge in [-0.1, -0.05) is 37.4 Å². The first-order chi connectivity index (χ1) is 8.99. The molecule has 0 fully saturated rings. The van der Waals surface area contributed by atoms with Crippen LogP contribution in [-0.2, 0) is 0 Å².